The van der Waals surface area contributed by atoms with Crippen LogP contribution in [0, 0.1) is 0 Å². The molecule has 0 saturated heterocycles. The molecule has 9 heteroatoms. The summed E-state index contributed by atoms with van der Waals surface area (Å²) in [4.78, 5) is 14.0. The number of anilines is 2. The zero-order valence-electron chi connectivity index (χ0n) is 14.5. The van der Waals surface area contributed by atoms with Gasteiger partial charge < -0.3 is 15.5 Å². The van der Waals surface area contributed by atoms with Gasteiger partial charge >= 0.3 is 6.18 Å². The highest BCUT2D eigenvalue weighted by Gasteiger charge is 2.33. The Hall–Kier alpha value is -2.68. The molecule has 0 aliphatic heterocycles. The smallest absolute Gasteiger partial charge is 0.351 e. The Kier molecular flexibility index (Phi) is 6.51. The second kappa shape index (κ2) is 8.61. The van der Waals surface area contributed by atoms with Crippen LogP contribution in [0.5, 0.6) is 0 Å². The van der Waals surface area contributed by atoms with Crippen molar-refractivity contribution in [2.24, 2.45) is 0 Å². The lowest BCUT2D eigenvalue weighted by molar-refractivity contribution is -0.136. The summed E-state index contributed by atoms with van der Waals surface area (Å²) in [5, 5.41) is 12.8. The number of aromatic nitrogens is 2. The molecule has 0 bridgehead atoms. The number of benzene rings is 1. The monoisotopic (exact) mass is 367 g/mol. The highest BCUT2D eigenvalue weighted by Crippen LogP contribution is 2.35. The maximum atomic E-state index is 13.0. The number of nitrogens with one attached hydrogen (secondary N) is 2. The molecule has 0 fully saturated rings. The van der Waals surface area contributed by atoms with Gasteiger partial charge in [-0.15, -0.1) is 10.2 Å². The fourth-order valence-electron chi connectivity index (χ4n) is 2.19. The summed E-state index contributed by atoms with van der Waals surface area (Å²) < 4.78 is 39.0. The molecule has 0 aliphatic carbocycles. The average molecular weight is 367 g/mol. The van der Waals surface area contributed by atoms with Crippen LogP contribution < -0.4 is 10.6 Å². The first-order chi connectivity index (χ1) is 12.3. The molecule has 0 radical (unpaired) electrons. The van der Waals surface area contributed by atoms with E-state index in [2.05, 4.69) is 20.8 Å². The molecule has 0 unspecified atom stereocenters. The zero-order chi connectivity index (χ0) is 19.2. The van der Waals surface area contributed by atoms with E-state index in [9.17, 15) is 18.0 Å². The van der Waals surface area contributed by atoms with E-state index in [4.69, 9.17) is 0 Å². The summed E-state index contributed by atoms with van der Waals surface area (Å²) in [6.07, 6.45) is -3.69. The topological polar surface area (TPSA) is 70.2 Å². The first-order valence-electron chi connectivity index (χ1n) is 7.97. The van der Waals surface area contributed by atoms with Gasteiger partial charge in [0, 0.05) is 6.54 Å². The van der Waals surface area contributed by atoms with E-state index in [0.717, 1.165) is 19.0 Å². The van der Waals surface area contributed by atoms with E-state index < -0.39 is 11.7 Å². The highest BCUT2D eigenvalue weighted by molar-refractivity contribution is 5.92. The van der Waals surface area contributed by atoms with Crippen LogP contribution in [0.15, 0.2) is 36.4 Å². The average Bonchev–Trinajstić information content (AvgIpc) is 2.58. The van der Waals surface area contributed by atoms with Gasteiger partial charge in [-0.3, -0.25) is 4.79 Å². The number of carbonyl (C=O) groups excluding carboxylic acids is 1. The predicted octanol–water partition coefficient (Wildman–Crippen LogP) is 2.92. The Labute approximate surface area is 149 Å². The first-order valence-corrected chi connectivity index (χ1v) is 7.97. The summed E-state index contributed by atoms with van der Waals surface area (Å²) in [6.45, 7) is 1.34. The lowest BCUT2D eigenvalue weighted by atomic mass is 10.1. The molecule has 0 atom stereocenters. The van der Waals surface area contributed by atoms with Crippen LogP contribution in [0.1, 0.15) is 22.5 Å². The minimum Gasteiger partial charge on any atom is -0.351 e. The van der Waals surface area contributed by atoms with Gasteiger partial charge in [0.25, 0.3) is 5.91 Å². The number of halogens is 3. The fourth-order valence-corrected chi connectivity index (χ4v) is 2.19. The standard InChI is InChI=1S/C17H20F3N5O/c1-25(2)11-5-10-21-16(26)14-8-9-15(24-23-14)22-13-7-4-3-6-12(13)17(18,19)20/h3-4,6-9H,5,10-11H2,1-2H3,(H,21,26)(H,22,24). The number of hydrogen-bond donors (Lipinski definition) is 2. The van der Waals surface area contributed by atoms with Gasteiger partial charge in [-0.05, 0) is 51.3 Å². The highest BCUT2D eigenvalue weighted by atomic mass is 19.4. The van der Waals surface area contributed by atoms with E-state index in [1.165, 1.54) is 30.3 Å². The largest absolute Gasteiger partial charge is 0.418 e. The van der Waals surface area contributed by atoms with Crippen molar-refractivity contribution in [2.75, 3.05) is 32.5 Å². The molecule has 1 aromatic heterocycles. The van der Waals surface area contributed by atoms with Gasteiger partial charge in [-0.25, -0.2) is 0 Å². The molecule has 2 rings (SSSR count). The van der Waals surface area contributed by atoms with E-state index in [0.29, 0.717) is 6.54 Å². The lowest BCUT2D eigenvalue weighted by Crippen LogP contribution is -2.28. The Morgan fingerprint density at radius 1 is 1.12 bits per heavy atom. The Morgan fingerprint density at radius 3 is 2.46 bits per heavy atom. The van der Waals surface area contributed by atoms with E-state index >= 15 is 0 Å². The van der Waals surface area contributed by atoms with Crippen LogP contribution in [0.4, 0.5) is 24.7 Å². The van der Waals surface area contributed by atoms with Gasteiger partial charge in [0.05, 0.1) is 11.3 Å². The SMILES string of the molecule is CN(C)CCCNC(=O)c1ccc(Nc2ccccc2C(F)(F)F)nn1. The number of carbonyl (C=O) groups is 1. The maximum absolute atomic E-state index is 13.0. The van der Waals surface area contributed by atoms with E-state index in [1.54, 1.807) is 0 Å². The van der Waals surface area contributed by atoms with E-state index in [-0.39, 0.29) is 23.1 Å². The third-order valence-electron chi connectivity index (χ3n) is 3.46. The number of para-hydroxylation sites is 1. The molecular formula is C17H20F3N5O. The molecule has 2 aromatic rings. The van der Waals surface area contributed by atoms with Crippen molar-refractivity contribution in [1.29, 1.82) is 0 Å². The van der Waals surface area contributed by atoms with E-state index in [1.807, 2.05) is 19.0 Å². The summed E-state index contributed by atoms with van der Waals surface area (Å²) in [6, 6.07) is 7.90. The lowest BCUT2D eigenvalue weighted by Gasteiger charge is -2.13. The van der Waals surface area contributed by atoms with Crippen molar-refractivity contribution in [3.63, 3.8) is 0 Å². The number of nitrogens with zero attached hydrogens (tertiary/aromatic N) is 3. The second-order valence-electron chi connectivity index (χ2n) is 5.88. The fraction of sp³-hybridized carbons (Fsp3) is 0.353. The van der Waals surface area contributed by atoms with Gasteiger partial charge in [-0.1, -0.05) is 12.1 Å². The van der Waals surface area contributed by atoms with Gasteiger partial charge in [-0.2, -0.15) is 13.2 Å². The molecule has 0 saturated carbocycles. The number of amides is 1. The minimum absolute atomic E-state index is 0.101. The van der Waals surface area contributed by atoms with Crippen molar-refractivity contribution in [2.45, 2.75) is 12.6 Å². The number of rotatable bonds is 7. The van der Waals surface area contributed by atoms with Crippen molar-refractivity contribution in [1.82, 2.24) is 20.4 Å². The van der Waals surface area contributed by atoms with Gasteiger partial charge in [0.1, 0.15) is 0 Å². The van der Waals surface area contributed by atoms with Crippen LogP contribution in [0.3, 0.4) is 0 Å². The Balaban J connectivity index is 1.99. The first kappa shape index (κ1) is 19.6. The zero-order valence-corrected chi connectivity index (χ0v) is 14.5. The molecule has 6 nitrogen and oxygen atoms in total. The quantitative estimate of drug-likeness (QED) is 0.737. The van der Waals surface area contributed by atoms with Gasteiger partial charge in [0.2, 0.25) is 0 Å². The number of hydrogen-bond acceptors (Lipinski definition) is 5. The van der Waals surface area contributed by atoms with Crippen molar-refractivity contribution < 1.29 is 18.0 Å². The summed E-state index contributed by atoms with van der Waals surface area (Å²) in [5.74, 6) is -0.260. The van der Waals surface area contributed by atoms with Crippen molar-refractivity contribution >= 4 is 17.4 Å². The van der Waals surface area contributed by atoms with Crippen LogP contribution in [-0.2, 0) is 6.18 Å². The van der Waals surface area contributed by atoms with Crippen molar-refractivity contribution in [3.05, 3.63) is 47.7 Å². The molecule has 0 aliphatic rings. The molecular weight excluding hydrogens is 347 g/mol. The maximum Gasteiger partial charge on any atom is 0.418 e. The molecule has 140 valence electrons. The molecule has 0 spiro atoms. The summed E-state index contributed by atoms with van der Waals surface area (Å²) in [5.41, 5.74) is -0.829. The molecule has 1 amide bonds. The van der Waals surface area contributed by atoms with Crippen LogP contribution in [-0.4, -0.2) is 48.2 Å². The number of alkyl halides is 3. The van der Waals surface area contributed by atoms with Crippen molar-refractivity contribution in [3.8, 4) is 0 Å². The molecule has 1 heterocycles. The Morgan fingerprint density at radius 2 is 1.85 bits per heavy atom. The molecule has 2 N–H and O–H groups in total. The third kappa shape index (κ3) is 5.69. The summed E-state index contributed by atoms with van der Waals surface area (Å²) >= 11 is 0. The normalized spacial score (nSPS) is 11.5. The van der Waals surface area contributed by atoms with Crippen LogP contribution in [0.2, 0.25) is 0 Å². The predicted molar refractivity (Wildman–Crippen MR) is 92.3 cm³/mol. The second-order valence-corrected chi connectivity index (χ2v) is 5.88. The Bertz CT molecular complexity index is 732. The summed E-state index contributed by atoms with van der Waals surface area (Å²) in [7, 11) is 3.88. The van der Waals surface area contributed by atoms with Crippen LogP contribution in [0.25, 0.3) is 0 Å². The van der Waals surface area contributed by atoms with Crippen LogP contribution >= 0.6 is 0 Å². The molecule has 26 heavy (non-hydrogen) atoms. The molecule has 1 aromatic carbocycles. The van der Waals surface area contributed by atoms with Gasteiger partial charge in [0.15, 0.2) is 11.5 Å². The minimum atomic E-state index is -4.48. The third-order valence-corrected chi connectivity index (χ3v) is 3.46.